The minimum atomic E-state index is 0.810. The molecule has 0 bridgehead atoms. The summed E-state index contributed by atoms with van der Waals surface area (Å²) in [5, 5.41) is 0. The van der Waals surface area contributed by atoms with Gasteiger partial charge in [0, 0.05) is 0 Å². The summed E-state index contributed by atoms with van der Waals surface area (Å²) in [6.45, 7) is 12.7. The predicted octanol–water partition coefficient (Wildman–Crippen LogP) is 4.71. The van der Waals surface area contributed by atoms with Gasteiger partial charge in [0.2, 0.25) is 0 Å². The van der Waals surface area contributed by atoms with Gasteiger partial charge in [-0.05, 0) is 63.1 Å². The fourth-order valence-electron chi connectivity index (χ4n) is 3.75. The molecule has 2 aliphatic rings. The molecule has 0 aromatic carbocycles. The molecule has 0 unspecified atom stereocenters. The summed E-state index contributed by atoms with van der Waals surface area (Å²) in [7, 11) is 0. The number of likely N-dealkylation sites (tertiary alicyclic amines) is 1. The SMILES string of the molecule is CC.CCCC1CC2(CCN(CCC)CC2)C1. The van der Waals surface area contributed by atoms with Crippen molar-refractivity contribution >= 4 is 0 Å². The largest absolute Gasteiger partial charge is 0.303 e. The van der Waals surface area contributed by atoms with Crippen LogP contribution >= 0.6 is 0 Å². The van der Waals surface area contributed by atoms with E-state index >= 15 is 0 Å². The van der Waals surface area contributed by atoms with Gasteiger partial charge in [-0.25, -0.2) is 0 Å². The van der Waals surface area contributed by atoms with Crippen LogP contribution in [0.1, 0.15) is 72.6 Å². The molecule has 1 spiro atoms. The van der Waals surface area contributed by atoms with Gasteiger partial charge in [-0.2, -0.15) is 0 Å². The van der Waals surface area contributed by atoms with Gasteiger partial charge in [-0.3, -0.25) is 0 Å². The summed E-state index contributed by atoms with van der Waals surface area (Å²) < 4.78 is 0. The van der Waals surface area contributed by atoms with E-state index in [2.05, 4.69) is 18.7 Å². The van der Waals surface area contributed by atoms with Crippen LogP contribution in [0, 0.1) is 11.3 Å². The number of piperidine rings is 1. The molecule has 0 radical (unpaired) electrons. The lowest BCUT2D eigenvalue weighted by atomic mass is 9.56. The first kappa shape index (κ1) is 15.0. The van der Waals surface area contributed by atoms with Gasteiger partial charge in [0.05, 0.1) is 0 Å². The van der Waals surface area contributed by atoms with Crippen LogP contribution in [0.3, 0.4) is 0 Å². The monoisotopic (exact) mass is 239 g/mol. The van der Waals surface area contributed by atoms with Gasteiger partial charge < -0.3 is 4.90 Å². The van der Waals surface area contributed by atoms with Gasteiger partial charge in [0.1, 0.15) is 0 Å². The number of hydrogen-bond acceptors (Lipinski definition) is 1. The Hall–Kier alpha value is -0.0400. The standard InChI is InChI=1S/C14H27N.C2H6/c1-3-5-13-11-14(12-13)6-9-15(8-4-2)10-7-14;1-2/h13H,3-12H2,1-2H3;1-2H3. The van der Waals surface area contributed by atoms with Gasteiger partial charge in [0.15, 0.2) is 0 Å². The maximum absolute atomic E-state index is 2.67. The highest BCUT2D eigenvalue weighted by atomic mass is 15.1. The summed E-state index contributed by atoms with van der Waals surface area (Å²) in [5.41, 5.74) is 0.810. The smallest absolute Gasteiger partial charge is 0.00134 e. The molecule has 0 amide bonds. The molecule has 2 fully saturated rings. The summed E-state index contributed by atoms with van der Waals surface area (Å²) in [5.74, 6) is 1.09. The number of rotatable bonds is 4. The molecule has 1 nitrogen and oxygen atoms in total. The third-order valence-corrected chi connectivity index (χ3v) is 4.60. The summed E-state index contributed by atoms with van der Waals surface area (Å²) in [6, 6.07) is 0. The second-order valence-electron chi connectivity index (χ2n) is 5.90. The van der Waals surface area contributed by atoms with Gasteiger partial charge in [-0.1, -0.05) is 40.5 Å². The molecule has 17 heavy (non-hydrogen) atoms. The quantitative estimate of drug-likeness (QED) is 0.686. The molecular weight excluding hydrogens is 206 g/mol. The van der Waals surface area contributed by atoms with Crippen molar-refractivity contribution in [2.45, 2.75) is 72.6 Å². The molecule has 0 aromatic rings. The highest BCUT2D eigenvalue weighted by Crippen LogP contribution is 2.53. The fourth-order valence-corrected chi connectivity index (χ4v) is 3.75. The summed E-state index contributed by atoms with van der Waals surface area (Å²) >= 11 is 0. The second kappa shape index (κ2) is 7.41. The molecule has 0 N–H and O–H groups in total. The van der Waals surface area contributed by atoms with Crippen LogP contribution < -0.4 is 0 Å². The van der Waals surface area contributed by atoms with Crippen molar-refractivity contribution in [1.82, 2.24) is 4.90 Å². The van der Waals surface area contributed by atoms with E-state index < -0.39 is 0 Å². The van der Waals surface area contributed by atoms with Crippen LogP contribution in [0.15, 0.2) is 0 Å². The van der Waals surface area contributed by atoms with Gasteiger partial charge in [-0.15, -0.1) is 0 Å². The maximum atomic E-state index is 2.67. The Morgan fingerprint density at radius 3 is 2.06 bits per heavy atom. The topological polar surface area (TPSA) is 3.24 Å². The zero-order valence-electron chi connectivity index (χ0n) is 12.6. The lowest BCUT2D eigenvalue weighted by Gasteiger charge is -2.52. The van der Waals surface area contributed by atoms with E-state index in [0.29, 0.717) is 0 Å². The van der Waals surface area contributed by atoms with Crippen molar-refractivity contribution in [1.29, 1.82) is 0 Å². The minimum Gasteiger partial charge on any atom is -0.303 e. The first-order valence-electron chi connectivity index (χ1n) is 8.00. The van der Waals surface area contributed by atoms with Gasteiger partial charge >= 0.3 is 0 Å². The fraction of sp³-hybridized carbons (Fsp3) is 1.00. The van der Waals surface area contributed by atoms with Gasteiger partial charge in [0.25, 0.3) is 0 Å². The van der Waals surface area contributed by atoms with Crippen LogP contribution in [0.4, 0.5) is 0 Å². The van der Waals surface area contributed by atoms with E-state index in [1.54, 1.807) is 12.8 Å². The molecule has 102 valence electrons. The average Bonchev–Trinajstić information content (AvgIpc) is 2.33. The summed E-state index contributed by atoms with van der Waals surface area (Å²) in [6.07, 6.45) is 10.3. The van der Waals surface area contributed by atoms with E-state index in [1.165, 1.54) is 51.7 Å². The molecule has 1 aliphatic carbocycles. The Morgan fingerprint density at radius 1 is 1.00 bits per heavy atom. The Kier molecular flexibility index (Phi) is 6.54. The average molecular weight is 239 g/mol. The third-order valence-electron chi connectivity index (χ3n) is 4.60. The molecule has 0 atom stereocenters. The van der Waals surface area contributed by atoms with E-state index in [4.69, 9.17) is 0 Å². The first-order chi connectivity index (χ1) is 8.28. The molecule has 1 saturated carbocycles. The van der Waals surface area contributed by atoms with Crippen molar-refractivity contribution in [3.05, 3.63) is 0 Å². The van der Waals surface area contributed by atoms with Crippen molar-refractivity contribution in [3.8, 4) is 0 Å². The van der Waals surface area contributed by atoms with Crippen LogP contribution in [0.5, 0.6) is 0 Å². The van der Waals surface area contributed by atoms with Crippen LogP contribution in [0.2, 0.25) is 0 Å². The number of hydrogen-bond donors (Lipinski definition) is 0. The van der Waals surface area contributed by atoms with Crippen LogP contribution in [0.25, 0.3) is 0 Å². The molecule has 1 heteroatoms. The van der Waals surface area contributed by atoms with E-state index in [9.17, 15) is 0 Å². The lowest BCUT2D eigenvalue weighted by molar-refractivity contribution is -0.0161. The summed E-state index contributed by atoms with van der Waals surface area (Å²) in [4.78, 5) is 2.67. The maximum Gasteiger partial charge on any atom is -0.00134 e. The zero-order chi connectivity index (χ0) is 12.7. The Labute approximate surface area is 109 Å². The van der Waals surface area contributed by atoms with Crippen LogP contribution in [-0.4, -0.2) is 24.5 Å². The Bertz CT molecular complexity index is 184. The zero-order valence-corrected chi connectivity index (χ0v) is 12.6. The lowest BCUT2D eigenvalue weighted by Crippen LogP contribution is -2.47. The molecule has 1 aliphatic heterocycles. The predicted molar refractivity (Wildman–Crippen MR) is 77.4 cm³/mol. The highest BCUT2D eigenvalue weighted by molar-refractivity contribution is 4.96. The number of nitrogens with zero attached hydrogens (tertiary/aromatic N) is 1. The first-order valence-corrected chi connectivity index (χ1v) is 8.00. The van der Waals surface area contributed by atoms with Crippen molar-refractivity contribution in [2.24, 2.45) is 11.3 Å². The second-order valence-corrected chi connectivity index (χ2v) is 5.90. The Morgan fingerprint density at radius 2 is 1.59 bits per heavy atom. The normalized spacial score (nSPS) is 24.0. The molecule has 1 saturated heterocycles. The van der Waals surface area contributed by atoms with Crippen molar-refractivity contribution in [3.63, 3.8) is 0 Å². The highest BCUT2D eigenvalue weighted by Gasteiger charge is 2.44. The molecular formula is C16H33N. The third kappa shape index (κ3) is 3.98. The van der Waals surface area contributed by atoms with E-state index in [1.807, 2.05) is 13.8 Å². The molecule has 2 rings (SSSR count). The minimum absolute atomic E-state index is 0.810. The van der Waals surface area contributed by atoms with Crippen molar-refractivity contribution in [2.75, 3.05) is 19.6 Å². The molecule has 1 heterocycles. The molecule has 0 aromatic heterocycles. The van der Waals surface area contributed by atoms with E-state index in [-0.39, 0.29) is 0 Å². The Balaban J connectivity index is 0.000000686. The van der Waals surface area contributed by atoms with Crippen LogP contribution in [-0.2, 0) is 0 Å². The van der Waals surface area contributed by atoms with Crippen molar-refractivity contribution < 1.29 is 0 Å². The van der Waals surface area contributed by atoms with E-state index in [0.717, 1.165) is 11.3 Å².